The summed E-state index contributed by atoms with van der Waals surface area (Å²) in [6.45, 7) is 6.08. The van der Waals surface area contributed by atoms with E-state index in [9.17, 15) is 0 Å². The van der Waals surface area contributed by atoms with Gasteiger partial charge in [0.25, 0.3) is 0 Å². The molecule has 11 heavy (non-hydrogen) atoms. The lowest BCUT2D eigenvalue weighted by molar-refractivity contribution is 0.462. The highest BCUT2D eigenvalue weighted by atomic mass is 16.3. The van der Waals surface area contributed by atoms with Crippen LogP contribution in [0.25, 0.3) is 0 Å². The molecule has 0 fully saturated rings. The molecule has 1 aromatic rings. The maximum atomic E-state index is 8.90. The molecule has 3 heteroatoms. The largest absolute Gasteiger partial charge is 0.505 e. The van der Waals surface area contributed by atoms with Crippen LogP contribution < -0.4 is 0 Å². The Morgan fingerprint density at radius 1 is 1.18 bits per heavy atom. The van der Waals surface area contributed by atoms with Gasteiger partial charge in [-0.15, -0.1) is 0 Å². The quantitative estimate of drug-likeness (QED) is 0.612. The van der Waals surface area contributed by atoms with Crippen LogP contribution in [-0.4, -0.2) is 15.1 Å². The highest BCUT2D eigenvalue weighted by molar-refractivity contribution is 5.12. The summed E-state index contributed by atoms with van der Waals surface area (Å²) >= 11 is 0. The van der Waals surface area contributed by atoms with Crippen molar-refractivity contribution in [3.8, 4) is 5.75 Å². The van der Waals surface area contributed by atoms with Crippen molar-refractivity contribution >= 4 is 0 Å². The minimum atomic E-state index is -0.0479. The van der Waals surface area contributed by atoms with E-state index in [1.807, 2.05) is 20.8 Å². The monoisotopic (exact) mass is 152 g/mol. The molecule has 0 spiro atoms. The lowest BCUT2D eigenvalue weighted by Gasteiger charge is -2.15. The smallest absolute Gasteiger partial charge is 0.152 e. The third-order valence-electron chi connectivity index (χ3n) is 1.31. The zero-order valence-electron chi connectivity index (χ0n) is 7.00. The third-order valence-corrected chi connectivity index (χ3v) is 1.31. The van der Waals surface area contributed by atoms with Gasteiger partial charge in [0.15, 0.2) is 5.75 Å². The second-order valence-electron chi connectivity index (χ2n) is 3.51. The van der Waals surface area contributed by atoms with E-state index in [0.717, 1.165) is 5.82 Å². The average molecular weight is 152 g/mol. The molecule has 60 valence electrons. The van der Waals surface area contributed by atoms with Crippen LogP contribution in [0.3, 0.4) is 0 Å². The van der Waals surface area contributed by atoms with Gasteiger partial charge < -0.3 is 5.11 Å². The van der Waals surface area contributed by atoms with Crippen molar-refractivity contribution < 1.29 is 5.11 Å². The van der Waals surface area contributed by atoms with Crippen LogP contribution in [0, 0.1) is 0 Å². The molecule has 0 aliphatic carbocycles. The summed E-state index contributed by atoms with van der Waals surface area (Å²) < 4.78 is 0. The average Bonchev–Trinajstić information content (AvgIpc) is 1.86. The van der Waals surface area contributed by atoms with E-state index in [1.165, 1.54) is 12.4 Å². The molecule has 0 aliphatic heterocycles. The fourth-order valence-electron chi connectivity index (χ4n) is 0.709. The number of hydrogen-bond donors (Lipinski definition) is 1. The van der Waals surface area contributed by atoms with E-state index >= 15 is 0 Å². The van der Waals surface area contributed by atoms with E-state index in [0.29, 0.717) is 0 Å². The highest BCUT2D eigenvalue weighted by Crippen LogP contribution is 2.17. The maximum Gasteiger partial charge on any atom is 0.152 e. The van der Waals surface area contributed by atoms with Gasteiger partial charge in [0.1, 0.15) is 5.82 Å². The maximum absolute atomic E-state index is 8.90. The highest BCUT2D eigenvalue weighted by Gasteiger charge is 2.16. The van der Waals surface area contributed by atoms with Crippen molar-refractivity contribution in [2.24, 2.45) is 0 Å². The first-order valence-electron chi connectivity index (χ1n) is 3.51. The summed E-state index contributed by atoms with van der Waals surface area (Å²) in [4.78, 5) is 7.98. The van der Waals surface area contributed by atoms with Crippen molar-refractivity contribution in [3.05, 3.63) is 18.2 Å². The molecule has 1 N–H and O–H groups in total. The van der Waals surface area contributed by atoms with Gasteiger partial charge in [0, 0.05) is 5.41 Å². The van der Waals surface area contributed by atoms with Crippen LogP contribution in [0.5, 0.6) is 5.75 Å². The van der Waals surface area contributed by atoms with E-state index in [4.69, 9.17) is 5.11 Å². The second kappa shape index (κ2) is 2.49. The molecular weight excluding hydrogens is 140 g/mol. The zero-order valence-corrected chi connectivity index (χ0v) is 7.00. The molecular formula is C8H12N2O. The fraction of sp³-hybridized carbons (Fsp3) is 0.500. The predicted molar refractivity (Wildman–Crippen MR) is 42.4 cm³/mol. The van der Waals surface area contributed by atoms with E-state index in [2.05, 4.69) is 9.97 Å². The molecule has 0 atom stereocenters. The van der Waals surface area contributed by atoms with Gasteiger partial charge in [-0.1, -0.05) is 20.8 Å². The molecule has 0 aromatic carbocycles. The Bertz CT molecular complexity index is 235. The summed E-state index contributed by atoms with van der Waals surface area (Å²) in [6, 6.07) is 0. The summed E-state index contributed by atoms with van der Waals surface area (Å²) in [7, 11) is 0. The Hall–Kier alpha value is -1.12. The first kappa shape index (κ1) is 7.98. The number of aromatic nitrogens is 2. The van der Waals surface area contributed by atoms with Gasteiger partial charge in [-0.2, -0.15) is 0 Å². The Balaban J connectivity index is 2.99. The number of rotatable bonds is 0. The molecule has 0 amide bonds. The second-order valence-corrected chi connectivity index (χ2v) is 3.51. The SMILES string of the molecule is CC(C)(C)c1ncc(O)cn1. The normalized spacial score (nSPS) is 11.5. The van der Waals surface area contributed by atoms with Gasteiger partial charge in [-0.3, -0.25) is 0 Å². The predicted octanol–water partition coefficient (Wildman–Crippen LogP) is 1.48. The minimum Gasteiger partial charge on any atom is -0.505 e. The van der Waals surface area contributed by atoms with Gasteiger partial charge in [-0.05, 0) is 0 Å². The third kappa shape index (κ3) is 1.90. The molecule has 0 saturated heterocycles. The molecule has 0 unspecified atom stereocenters. The zero-order chi connectivity index (χ0) is 8.48. The molecule has 1 aromatic heterocycles. The number of aromatic hydroxyl groups is 1. The first-order valence-corrected chi connectivity index (χ1v) is 3.51. The molecule has 0 aliphatic rings. The topological polar surface area (TPSA) is 46.0 Å². The van der Waals surface area contributed by atoms with Gasteiger partial charge in [-0.25, -0.2) is 9.97 Å². The van der Waals surface area contributed by atoms with E-state index in [1.54, 1.807) is 0 Å². The van der Waals surface area contributed by atoms with Crippen LogP contribution in [0.1, 0.15) is 26.6 Å². The molecule has 3 nitrogen and oxygen atoms in total. The summed E-state index contributed by atoms with van der Waals surface area (Å²) in [5.41, 5.74) is -0.0479. The van der Waals surface area contributed by atoms with Crippen molar-refractivity contribution in [1.29, 1.82) is 0 Å². The Morgan fingerprint density at radius 2 is 1.64 bits per heavy atom. The lowest BCUT2D eigenvalue weighted by Crippen LogP contribution is -2.15. The Morgan fingerprint density at radius 3 is 2.00 bits per heavy atom. The van der Waals surface area contributed by atoms with Crippen molar-refractivity contribution in [2.45, 2.75) is 26.2 Å². The van der Waals surface area contributed by atoms with E-state index in [-0.39, 0.29) is 11.2 Å². The first-order chi connectivity index (χ1) is 5.00. The molecule has 1 rings (SSSR count). The Kier molecular flexibility index (Phi) is 1.81. The minimum absolute atomic E-state index is 0.0479. The molecule has 1 heterocycles. The van der Waals surface area contributed by atoms with Gasteiger partial charge in [0.05, 0.1) is 12.4 Å². The molecule has 0 radical (unpaired) electrons. The van der Waals surface area contributed by atoms with Crippen LogP contribution in [-0.2, 0) is 5.41 Å². The van der Waals surface area contributed by atoms with Crippen LogP contribution in [0.2, 0.25) is 0 Å². The number of hydrogen-bond acceptors (Lipinski definition) is 3. The lowest BCUT2D eigenvalue weighted by atomic mass is 9.96. The summed E-state index contributed by atoms with van der Waals surface area (Å²) in [6.07, 6.45) is 2.82. The molecule has 0 bridgehead atoms. The van der Waals surface area contributed by atoms with Gasteiger partial charge in [0.2, 0.25) is 0 Å². The summed E-state index contributed by atoms with van der Waals surface area (Å²) in [5.74, 6) is 0.855. The number of nitrogens with zero attached hydrogens (tertiary/aromatic N) is 2. The van der Waals surface area contributed by atoms with Crippen molar-refractivity contribution in [1.82, 2.24) is 9.97 Å². The van der Waals surface area contributed by atoms with Crippen LogP contribution in [0.4, 0.5) is 0 Å². The van der Waals surface area contributed by atoms with Crippen LogP contribution in [0.15, 0.2) is 12.4 Å². The van der Waals surface area contributed by atoms with Crippen molar-refractivity contribution in [3.63, 3.8) is 0 Å². The fourth-order valence-corrected chi connectivity index (χ4v) is 0.709. The van der Waals surface area contributed by atoms with Gasteiger partial charge >= 0.3 is 0 Å². The summed E-state index contributed by atoms with van der Waals surface area (Å²) in [5, 5.41) is 8.90. The molecule has 0 saturated carbocycles. The standard InChI is InChI=1S/C8H12N2O/c1-8(2,3)7-9-4-6(11)5-10-7/h4-5,11H,1-3H3. The van der Waals surface area contributed by atoms with Crippen molar-refractivity contribution in [2.75, 3.05) is 0 Å². The van der Waals surface area contributed by atoms with Crippen LogP contribution >= 0.6 is 0 Å². The van der Waals surface area contributed by atoms with E-state index < -0.39 is 0 Å². The Labute approximate surface area is 66.1 Å².